The molecule has 1 aliphatic carbocycles. The Balaban J connectivity index is 2.20. The van der Waals surface area contributed by atoms with Gasteiger partial charge in [-0.1, -0.05) is 47.6 Å². The molecule has 4 nitrogen and oxygen atoms in total. The Morgan fingerprint density at radius 3 is 2.13 bits per heavy atom. The molecule has 4 heteroatoms. The highest BCUT2D eigenvalue weighted by Gasteiger charge is 2.29. The third-order valence-corrected chi connectivity index (χ3v) is 5.74. The Kier molecular flexibility index (Phi) is 5.99. The van der Waals surface area contributed by atoms with Crippen LogP contribution in [-0.2, 0) is 26.8 Å². The monoisotopic (exact) mass is 409 g/mol. The number of esters is 1. The Hall–Kier alpha value is -2.36. The fourth-order valence-corrected chi connectivity index (χ4v) is 4.20. The maximum atomic E-state index is 11.6. The second-order valence-electron chi connectivity index (χ2n) is 10.3. The number of methoxy groups -OCH3 is 1. The average Bonchev–Trinajstić information content (AvgIpc) is 2.65. The van der Waals surface area contributed by atoms with Crippen LogP contribution in [0.1, 0.15) is 89.8 Å². The first-order chi connectivity index (χ1) is 13.9. The maximum Gasteiger partial charge on any atom is 0.303 e. The van der Waals surface area contributed by atoms with E-state index < -0.39 is 0 Å². The zero-order chi connectivity index (χ0) is 22.3. The number of rotatable bonds is 3. The van der Waals surface area contributed by atoms with E-state index in [1.807, 2.05) is 0 Å². The second kappa shape index (κ2) is 8.05. The summed E-state index contributed by atoms with van der Waals surface area (Å²) >= 11 is 0. The number of nitrogens with zero attached hydrogens (tertiary/aromatic N) is 1. The summed E-state index contributed by atoms with van der Waals surface area (Å²) in [5.74, 6) is 0.698. The van der Waals surface area contributed by atoms with Gasteiger partial charge in [0.25, 0.3) is 0 Å². The molecular formula is C26H35NO3. The highest BCUT2D eigenvalue weighted by molar-refractivity contribution is 5.68. The molecule has 2 aromatic rings. The molecule has 0 radical (unpaired) electrons. The lowest BCUT2D eigenvalue weighted by Crippen LogP contribution is -2.20. The van der Waals surface area contributed by atoms with E-state index in [9.17, 15) is 4.79 Å². The van der Waals surface area contributed by atoms with E-state index >= 15 is 0 Å². The highest BCUT2D eigenvalue weighted by Crippen LogP contribution is 2.43. The zero-order valence-corrected chi connectivity index (χ0v) is 19.7. The van der Waals surface area contributed by atoms with Crippen LogP contribution in [0, 0.1) is 0 Å². The van der Waals surface area contributed by atoms with Gasteiger partial charge < -0.3 is 9.47 Å². The standard InChI is InChI=1S/C26H35NO3/c1-16(28)30-22-11-9-10-17-12-13-21(27-23(17)22)18-14-19(25(2,3)4)24(29-8)20(15-18)26(5,6)7/h12-15,22H,9-11H2,1-8H3. The molecule has 162 valence electrons. The van der Waals surface area contributed by atoms with Crippen molar-refractivity contribution in [1.29, 1.82) is 0 Å². The number of hydrogen-bond acceptors (Lipinski definition) is 4. The van der Waals surface area contributed by atoms with Gasteiger partial charge in [-0.2, -0.15) is 0 Å². The smallest absolute Gasteiger partial charge is 0.303 e. The lowest BCUT2D eigenvalue weighted by atomic mass is 9.78. The topological polar surface area (TPSA) is 48.4 Å². The molecule has 0 fully saturated rings. The number of ether oxygens (including phenoxy) is 2. The molecule has 0 bridgehead atoms. The van der Waals surface area contributed by atoms with Gasteiger partial charge in [-0.25, -0.2) is 4.98 Å². The van der Waals surface area contributed by atoms with Gasteiger partial charge in [0.15, 0.2) is 0 Å². The lowest BCUT2D eigenvalue weighted by molar-refractivity contribution is -0.147. The SMILES string of the molecule is COc1c(C(C)(C)C)cc(-c2ccc3c(n2)C(OC(C)=O)CCC3)cc1C(C)(C)C. The predicted molar refractivity (Wildman–Crippen MR) is 121 cm³/mol. The molecule has 30 heavy (non-hydrogen) atoms. The second-order valence-corrected chi connectivity index (χ2v) is 10.3. The molecule has 0 amide bonds. The van der Waals surface area contributed by atoms with Gasteiger partial charge in [-0.3, -0.25) is 4.79 Å². The van der Waals surface area contributed by atoms with E-state index in [1.165, 1.54) is 23.6 Å². The maximum absolute atomic E-state index is 11.6. The van der Waals surface area contributed by atoms with Crippen molar-refractivity contribution in [2.45, 2.75) is 84.7 Å². The molecule has 1 unspecified atom stereocenters. The van der Waals surface area contributed by atoms with Crippen LogP contribution in [0.5, 0.6) is 5.75 Å². The fourth-order valence-electron chi connectivity index (χ4n) is 4.20. The molecule has 1 heterocycles. The molecule has 1 atom stereocenters. The van der Waals surface area contributed by atoms with E-state index in [-0.39, 0.29) is 22.9 Å². The van der Waals surface area contributed by atoms with Gasteiger partial charge in [-0.05, 0) is 53.9 Å². The van der Waals surface area contributed by atoms with Crippen LogP contribution in [0.25, 0.3) is 11.3 Å². The number of aryl methyl sites for hydroxylation is 1. The number of benzene rings is 1. The van der Waals surface area contributed by atoms with Crippen LogP contribution in [0.2, 0.25) is 0 Å². The fraction of sp³-hybridized carbons (Fsp3) is 0.538. The van der Waals surface area contributed by atoms with Crippen molar-refractivity contribution in [3.63, 3.8) is 0 Å². The first kappa shape index (κ1) is 22.3. The molecule has 0 aliphatic heterocycles. The minimum Gasteiger partial charge on any atom is -0.496 e. The summed E-state index contributed by atoms with van der Waals surface area (Å²) in [6, 6.07) is 8.64. The normalized spacial score (nSPS) is 16.7. The molecule has 0 N–H and O–H groups in total. The minimum absolute atomic E-state index is 0.0736. The predicted octanol–water partition coefficient (Wildman–Crippen LogP) is 6.29. The summed E-state index contributed by atoms with van der Waals surface area (Å²) in [4.78, 5) is 16.6. The largest absolute Gasteiger partial charge is 0.496 e. The first-order valence-electron chi connectivity index (χ1n) is 10.8. The summed E-state index contributed by atoms with van der Waals surface area (Å²) in [6.45, 7) is 14.7. The molecule has 0 saturated heterocycles. The Morgan fingerprint density at radius 2 is 1.63 bits per heavy atom. The van der Waals surface area contributed by atoms with Crippen LogP contribution >= 0.6 is 0 Å². The minimum atomic E-state index is -0.256. The molecule has 1 aromatic carbocycles. The Morgan fingerprint density at radius 1 is 1.03 bits per heavy atom. The van der Waals surface area contributed by atoms with E-state index in [2.05, 4.69) is 65.8 Å². The van der Waals surface area contributed by atoms with Crippen molar-refractivity contribution in [2.75, 3.05) is 7.11 Å². The van der Waals surface area contributed by atoms with Crippen LogP contribution in [0.4, 0.5) is 0 Å². The molecule has 0 saturated carbocycles. The number of fused-ring (bicyclic) bond motifs is 1. The third kappa shape index (κ3) is 4.53. The van der Waals surface area contributed by atoms with Crippen molar-refractivity contribution in [2.24, 2.45) is 0 Å². The van der Waals surface area contributed by atoms with Crippen molar-refractivity contribution in [3.8, 4) is 17.0 Å². The van der Waals surface area contributed by atoms with Crippen LogP contribution in [-0.4, -0.2) is 18.1 Å². The van der Waals surface area contributed by atoms with Crippen molar-refractivity contribution < 1.29 is 14.3 Å². The van der Waals surface area contributed by atoms with Crippen molar-refractivity contribution >= 4 is 5.97 Å². The molecule has 1 aliphatic rings. The van der Waals surface area contributed by atoms with Crippen LogP contribution in [0.3, 0.4) is 0 Å². The summed E-state index contributed by atoms with van der Waals surface area (Å²) in [5, 5.41) is 0. The number of carbonyl (C=O) groups excluding carboxylic acids is 1. The zero-order valence-electron chi connectivity index (χ0n) is 19.7. The van der Waals surface area contributed by atoms with E-state index in [1.54, 1.807) is 7.11 Å². The van der Waals surface area contributed by atoms with E-state index in [0.29, 0.717) is 0 Å². The van der Waals surface area contributed by atoms with E-state index in [0.717, 1.165) is 42.0 Å². The van der Waals surface area contributed by atoms with Gasteiger partial charge in [-0.15, -0.1) is 0 Å². The summed E-state index contributed by atoms with van der Waals surface area (Å²) in [5.41, 5.74) is 6.25. The Labute approximate surface area is 181 Å². The van der Waals surface area contributed by atoms with E-state index in [4.69, 9.17) is 14.5 Å². The van der Waals surface area contributed by atoms with Crippen LogP contribution in [0.15, 0.2) is 24.3 Å². The van der Waals surface area contributed by atoms with Crippen molar-refractivity contribution in [3.05, 3.63) is 46.6 Å². The lowest BCUT2D eigenvalue weighted by Gasteiger charge is -2.30. The molecule has 3 rings (SSSR count). The number of pyridine rings is 1. The van der Waals surface area contributed by atoms with Gasteiger partial charge in [0, 0.05) is 23.6 Å². The molecule has 0 spiro atoms. The van der Waals surface area contributed by atoms with Gasteiger partial charge in [0.05, 0.1) is 18.5 Å². The number of carbonyl (C=O) groups is 1. The quantitative estimate of drug-likeness (QED) is 0.559. The average molecular weight is 410 g/mol. The van der Waals surface area contributed by atoms with Gasteiger partial charge >= 0.3 is 5.97 Å². The number of hydrogen-bond donors (Lipinski definition) is 0. The number of aromatic nitrogens is 1. The summed E-state index contributed by atoms with van der Waals surface area (Å²) in [6.07, 6.45) is 2.56. The van der Waals surface area contributed by atoms with Crippen molar-refractivity contribution in [1.82, 2.24) is 4.98 Å². The Bertz CT molecular complexity index is 913. The third-order valence-electron chi connectivity index (χ3n) is 5.74. The van der Waals surface area contributed by atoms with Gasteiger partial charge in [0.2, 0.25) is 0 Å². The summed E-state index contributed by atoms with van der Waals surface area (Å²) < 4.78 is 11.5. The molecular weight excluding hydrogens is 374 g/mol. The molecule has 1 aromatic heterocycles. The highest BCUT2D eigenvalue weighted by atomic mass is 16.5. The summed E-state index contributed by atoms with van der Waals surface area (Å²) in [7, 11) is 1.75. The van der Waals surface area contributed by atoms with Gasteiger partial charge in [0.1, 0.15) is 11.9 Å². The first-order valence-corrected chi connectivity index (χ1v) is 10.8. The van der Waals surface area contributed by atoms with Crippen LogP contribution < -0.4 is 4.74 Å².